The lowest BCUT2D eigenvalue weighted by atomic mass is 10.1. The molecule has 0 radical (unpaired) electrons. The third kappa shape index (κ3) is 5.03. The molecule has 0 spiro atoms. The topological polar surface area (TPSA) is 77.5 Å². The highest BCUT2D eigenvalue weighted by atomic mass is 16.5. The molecule has 154 valence electrons. The number of anilines is 1. The molecule has 1 aromatic heterocycles. The molecule has 3 rings (SSSR count). The summed E-state index contributed by atoms with van der Waals surface area (Å²) in [5.41, 5.74) is 3.11. The van der Waals surface area contributed by atoms with E-state index < -0.39 is 18.0 Å². The molecule has 1 unspecified atom stereocenters. The van der Waals surface area contributed by atoms with Gasteiger partial charge >= 0.3 is 5.97 Å². The first kappa shape index (κ1) is 21.0. The number of para-hydroxylation sites is 2. The van der Waals surface area contributed by atoms with Crippen LogP contribution in [0.1, 0.15) is 29.9 Å². The number of aromatic nitrogens is 1. The summed E-state index contributed by atoms with van der Waals surface area (Å²) in [6, 6.07) is 20.2. The number of carbonyl (C=O) groups is 2. The van der Waals surface area contributed by atoms with E-state index in [-0.39, 0.29) is 0 Å². The van der Waals surface area contributed by atoms with Crippen molar-refractivity contribution in [2.75, 3.05) is 11.9 Å². The minimum Gasteiger partial charge on any atom is -0.492 e. The van der Waals surface area contributed by atoms with Crippen LogP contribution < -0.4 is 10.1 Å². The number of nitrogens with zero attached hydrogens (tertiary/aromatic N) is 1. The van der Waals surface area contributed by atoms with E-state index in [0.717, 1.165) is 11.3 Å². The van der Waals surface area contributed by atoms with Crippen molar-refractivity contribution in [1.82, 2.24) is 4.98 Å². The lowest BCUT2D eigenvalue weighted by Crippen LogP contribution is -2.30. The number of hydrogen-bond acceptors (Lipinski definition) is 5. The Balaban J connectivity index is 1.67. The Morgan fingerprint density at radius 1 is 1.00 bits per heavy atom. The molecular formula is C24H24N2O4. The molecule has 6 nitrogen and oxygen atoms in total. The largest absolute Gasteiger partial charge is 0.492 e. The first-order valence-electron chi connectivity index (χ1n) is 9.76. The van der Waals surface area contributed by atoms with Crippen LogP contribution in [0.15, 0.2) is 66.7 Å². The maximum Gasteiger partial charge on any atom is 0.340 e. The van der Waals surface area contributed by atoms with Gasteiger partial charge in [-0.3, -0.25) is 9.78 Å². The van der Waals surface area contributed by atoms with Gasteiger partial charge in [0.2, 0.25) is 0 Å². The van der Waals surface area contributed by atoms with Crippen molar-refractivity contribution in [2.24, 2.45) is 0 Å². The van der Waals surface area contributed by atoms with Gasteiger partial charge in [-0.05, 0) is 45.0 Å². The van der Waals surface area contributed by atoms with Gasteiger partial charge in [0, 0.05) is 5.56 Å². The number of nitrogens with one attached hydrogen (secondary N) is 1. The molecule has 1 N–H and O–H groups in total. The van der Waals surface area contributed by atoms with Crippen LogP contribution in [-0.2, 0) is 9.53 Å². The fourth-order valence-electron chi connectivity index (χ4n) is 2.91. The highest BCUT2D eigenvalue weighted by Crippen LogP contribution is 2.24. The number of benzene rings is 2. The Kier molecular flexibility index (Phi) is 6.80. The second-order valence-electron chi connectivity index (χ2n) is 6.66. The van der Waals surface area contributed by atoms with Crippen molar-refractivity contribution >= 4 is 17.6 Å². The van der Waals surface area contributed by atoms with Crippen LogP contribution in [0.2, 0.25) is 0 Å². The number of carbonyl (C=O) groups excluding carboxylic acids is 2. The summed E-state index contributed by atoms with van der Waals surface area (Å²) in [6.07, 6.45) is -0.986. The van der Waals surface area contributed by atoms with E-state index in [1.54, 1.807) is 37.3 Å². The zero-order chi connectivity index (χ0) is 21.5. The Morgan fingerprint density at radius 3 is 2.40 bits per heavy atom. The number of pyridine rings is 1. The Hall–Kier alpha value is -3.67. The summed E-state index contributed by atoms with van der Waals surface area (Å²) in [4.78, 5) is 29.6. The quantitative estimate of drug-likeness (QED) is 0.581. The number of ether oxygens (including phenoxy) is 2. The molecule has 0 bridgehead atoms. The summed E-state index contributed by atoms with van der Waals surface area (Å²) in [5, 5.41) is 2.74. The molecule has 0 aliphatic carbocycles. The van der Waals surface area contributed by atoms with E-state index in [0.29, 0.717) is 29.3 Å². The van der Waals surface area contributed by atoms with Gasteiger partial charge in [-0.1, -0.05) is 42.5 Å². The number of hydrogen-bond donors (Lipinski definition) is 1. The number of amides is 1. The third-order valence-electron chi connectivity index (χ3n) is 4.47. The summed E-state index contributed by atoms with van der Waals surface area (Å²) in [6.45, 7) is 5.61. The first-order chi connectivity index (χ1) is 14.5. The van der Waals surface area contributed by atoms with Crippen molar-refractivity contribution in [1.29, 1.82) is 0 Å². The molecule has 1 atom stereocenters. The first-order valence-corrected chi connectivity index (χ1v) is 9.76. The van der Waals surface area contributed by atoms with E-state index in [4.69, 9.17) is 9.47 Å². The Morgan fingerprint density at radius 2 is 1.70 bits per heavy atom. The average Bonchev–Trinajstić information content (AvgIpc) is 2.75. The van der Waals surface area contributed by atoms with Crippen LogP contribution in [0.3, 0.4) is 0 Å². The summed E-state index contributed by atoms with van der Waals surface area (Å²) >= 11 is 0. The van der Waals surface area contributed by atoms with E-state index in [9.17, 15) is 9.59 Å². The van der Waals surface area contributed by atoms with Crippen LogP contribution in [0.5, 0.6) is 5.75 Å². The zero-order valence-corrected chi connectivity index (χ0v) is 17.2. The summed E-state index contributed by atoms with van der Waals surface area (Å²) in [5.74, 6) is -0.481. The van der Waals surface area contributed by atoms with Crippen molar-refractivity contribution in [2.45, 2.75) is 26.9 Å². The molecule has 0 saturated carbocycles. The average molecular weight is 404 g/mol. The van der Waals surface area contributed by atoms with Gasteiger partial charge < -0.3 is 14.8 Å². The SMILES string of the molecule is CCOc1ccccc1NC(=O)C(C)OC(=O)c1ccc(-c2ccccc2)nc1C. The second kappa shape index (κ2) is 9.69. The highest BCUT2D eigenvalue weighted by Gasteiger charge is 2.21. The predicted octanol–water partition coefficient (Wildman–Crippen LogP) is 4.64. The molecule has 0 aliphatic heterocycles. The normalized spacial score (nSPS) is 11.4. The third-order valence-corrected chi connectivity index (χ3v) is 4.47. The fraction of sp³-hybridized carbons (Fsp3) is 0.208. The van der Waals surface area contributed by atoms with Crippen molar-refractivity contribution < 1.29 is 19.1 Å². The van der Waals surface area contributed by atoms with Crippen molar-refractivity contribution in [3.05, 3.63) is 78.0 Å². The van der Waals surface area contributed by atoms with Gasteiger partial charge in [0.25, 0.3) is 5.91 Å². The monoisotopic (exact) mass is 404 g/mol. The molecule has 3 aromatic rings. The molecule has 2 aromatic carbocycles. The maximum atomic E-state index is 12.6. The standard InChI is InChI=1S/C24H24N2O4/c1-4-29-22-13-9-8-12-21(22)26-23(27)17(3)30-24(28)19-14-15-20(25-16(19)2)18-10-6-5-7-11-18/h5-15,17H,4H2,1-3H3,(H,26,27). The molecule has 30 heavy (non-hydrogen) atoms. The fourth-order valence-corrected chi connectivity index (χ4v) is 2.91. The van der Waals surface area contributed by atoms with E-state index in [1.807, 2.05) is 43.3 Å². The van der Waals surface area contributed by atoms with Gasteiger partial charge in [0.1, 0.15) is 5.75 Å². The van der Waals surface area contributed by atoms with Crippen molar-refractivity contribution in [3.63, 3.8) is 0 Å². The van der Waals surface area contributed by atoms with Crippen LogP contribution in [-0.4, -0.2) is 29.6 Å². The summed E-state index contributed by atoms with van der Waals surface area (Å²) in [7, 11) is 0. The van der Waals surface area contributed by atoms with Crippen LogP contribution >= 0.6 is 0 Å². The van der Waals surface area contributed by atoms with Gasteiger partial charge in [-0.25, -0.2) is 4.79 Å². The Labute approximate surface area is 175 Å². The second-order valence-corrected chi connectivity index (χ2v) is 6.66. The smallest absolute Gasteiger partial charge is 0.340 e. The number of aryl methyl sites for hydroxylation is 1. The van der Waals surface area contributed by atoms with E-state index in [2.05, 4.69) is 10.3 Å². The lowest BCUT2D eigenvalue weighted by Gasteiger charge is -2.16. The maximum absolute atomic E-state index is 12.6. The highest BCUT2D eigenvalue weighted by molar-refractivity contribution is 5.98. The molecule has 0 saturated heterocycles. The molecule has 1 heterocycles. The lowest BCUT2D eigenvalue weighted by molar-refractivity contribution is -0.123. The van der Waals surface area contributed by atoms with Gasteiger partial charge in [0.05, 0.1) is 29.2 Å². The van der Waals surface area contributed by atoms with E-state index in [1.165, 1.54) is 6.92 Å². The van der Waals surface area contributed by atoms with Crippen LogP contribution in [0.4, 0.5) is 5.69 Å². The van der Waals surface area contributed by atoms with Gasteiger partial charge in [-0.15, -0.1) is 0 Å². The van der Waals surface area contributed by atoms with Crippen LogP contribution in [0, 0.1) is 6.92 Å². The Bertz CT molecular complexity index is 1030. The van der Waals surface area contributed by atoms with E-state index >= 15 is 0 Å². The number of rotatable bonds is 7. The molecular weight excluding hydrogens is 380 g/mol. The zero-order valence-electron chi connectivity index (χ0n) is 17.2. The van der Waals surface area contributed by atoms with Gasteiger partial charge in [0.15, 0.2) is 6.10 Å². The van der Waals surface area contributed by atoms with Crippen molar-refractivity contribution in [3.8, 4) is 17.0 Å². The molecule has 1 amide bonds. The molecule has 6 heteroatoms. The van der Waals surface area contributed by atoms with Crippen LogP contribution in [0.25, 0.3) is 11.3 Å². The molecule has 0 aliphatic rings. The van der Waals surface area contributed by atoms with Gasteiger partial charge in [-0.2, -0.15) is 0 Å². The number of esters is 1. The predicted molar refractivity (Wildman–Crippen MR) is 116 cm³/mol. The minimum atomic E-state index is -0.986. The summed E-state index contributed by atoms with van der Waals surface area (Å²) < 4.78 is 10.9. The minimum absolute atomic E-state index is 0.323. The molecule has 0 fully saturated rings.